The Bertz CT molecular complexity index is 814. The number of aromatic amines is 1. The summed E-state index contributed by atoms with van der Waals surface area (Å²) in [6, 6.07) is 12.4. The van der Waals surface area contributed by atoms with Crippen LogP contribution < -0.4 is 10.6 Å². The van der Waals surface area contributed by atoms with Crippen molar-refractivity contribution in [1.29, 1.82) is 0 Å². The monoisotopic (exact) mass is 311 g/mol. The number of aromatic nitrogens is 1. The molecule has 1 atom stereocenters. The van der Waals surface area contributed by atoms with Crippen LogP contribution in [-0.4, -0.2) is 17.4 Å². The third-order valence-corrected chi connectivity index (χ3v) is 5.29. The number of carbonyl (C=O) groups is 1. The van der Waals surface area contributed by atoms with E-state index in [0.29, 0.717) is 6.04 Å². The summed E-state index contributed by atoms with van der Waals surface area (Å²) in [7, 11) is 0. The van der Waals surface area contributed by atoms with Crippen molar-refractivity contribution in [3.8, 4) is 0 Å². The highest BCUT2D eigenvalue weighted by atomic mass is 32.1. The van der Waals surface area contributed by atoms with Gasteiger partial charge < -0.3 is 15.6 Å². The van der Waals surface area contributed by atoms with Crippen LogP contribution in [0, 0.1) is 0 Å². The minimum absolute atomic E-state index is 0.0426. The highest BCUT2D eigenvalue weighted by molar-refractivity contribution is 7.14. The first-order valence-corrected chi connectivity index (χ1v) is 8.33. The Labute approximate surface area is 132 Å². The zero-order valence-corrected chi connectivity index (χ0v) is 12.9. The van der Waals surface area contributed by atoms with E-state index in [1.54, 1.807) is 11.3 Å². The maximum Gasteiger partial charge on any atom is 0.265 e. The number of thiophene rings is 1. The van der Waals surface area contributed by atoms with E-state index in [2.05, 4.69) is 21.7 Å². The van der Waals surface area contributed by atoms with E-state index in [1.807, 2.05) is 36.5 Å². The Hall–Kier alpha value is -2.11. The number of carbonyl (C=O) groups excluding carboxylic acids is 1. The maximum atomic E-state index is 12.4. The molecule has 4 nitrogen and oxygen atoms in total. The average Bonchev–Trinajstić information content (AvgIpc) is 3.28. The van der Waals surface area contributed by atoms with E-state index in [9.17, 15) is 4.79 Å². The number of benzene rings is 1. The van der Waals surface area contributed by atoms with Crippen molar-refractivity contribution in [3.05, 3.63) is 52.3 Å². The predicted molar refractivity (Wildman–Crippen MR) is 90.5 cm³/mol. The molecule has 3 N–H and O–H groups in total. The molecule has 1 fully saturated rings. The normalized spacial score (nSPS) is 17.9. The van der Waals surface area contributed by atoms with Crippen LogP contribution in [-0.2, 0) is 0 Å². The molecule has 1 amide bonds. The molecule has 1 aliphatic rings. The van der Waals surface area contributed by atoms with Gasteiger partial charge in [0.15, 0.2) is 0 Å². The number of fused-ring (bicyclic) bond motifs is 1. The molecule has 3 aromatic rings. The largest absolute Gasteiger partial charge is 0.359 e. The van der Waals surface area contributed by atoms with E-state index in [-0.39, 0.29) is 5.91 Å². The van der Waals surface area contributed by atoms with E-state index >= 15 is 0 Å². The van der Waals surface area contributed by atoms with E-state index in [4.69, 9.17) is 0 Å². The smallest absolute Gasteiger partial charge is 0.265 e. The molecule has 0 aliphatic carbocycles. The van der Waals surface area contributed by atoms with E-state index < -0.39 is 0 Å². The van der Waals surface area contributed by atoms with Gasteiger partial charge in [0.1, 0.15) is 0 Å². The summed E-state index contributed by atoms with van der Waals surface area (Å²) in [5.41, 5.74) is 1.86. The Morgan fingerprint density at radius 3 is 3.00 bits per heavy atom. The molecular formula is C17H17N3OS. The minimum Gasteiger partial charge on any atom is -0.359 e. The number of para-hydroxylation sites is 1. The lowest BCUT2D eigenvalue weighted by Gasteiger charge is -2.06. The first-order valence-electron chi connectivity index (χ1n) is 7.52. The molecule has 0 radical (unpaired) electrons. The Morgan fingerprint density at radius 2 is 2.14 bits per heavy atom. The van der Waals surface area contributed by atoms with Gasteiger partial charge in [0.25, 0.3) is 5.91 Å². The molecule has 1 aliphatic heterocycles. The van der Waals surface area contributed by atoms with Crippen LogP contribution in [0.1, 0.15) is 33.4 Å². The van der Waals surface area contributed by atoms with Crippen LogP contribution in [0.15, 0.2) is 42.6 Å². The molecule has 2 aromatic heterocycles. The summed E-state index contributed by atoms with van der Waals surface area (Å²) in [4.78, 5) is 17.6. The molecule has 1 saturated heterocycles. The van der Waals surface area contributed by atoms with Crippen molar-refractivity contribution in [3.63, 3.8) is 0 Å². The molecule has 5 heteroatoms. The first kappa shape index (κ1) is 13.5. The second-order valence-electron chi connectivity index (χ2n) is 5.55. The molecule has 0 bridgehead atoms. The molecule has 3 heterocycles. The molecule has 112 valence electrons. The number of amides is 1. The number of nitrogens with one attached hydrogen (secondary N) is 3. The summed E-state index contributed by atoms with van der Waals surface area (Å²) in [6.45, 7) is 1.07. The van der Waals surface area contributed by atoms with Crippen molar-refractivity contribution < 1.29 is 4.79 Å². The van der Waals surface area contributed by atoms with Crippen LogP contribution in [0.2, 0.25) is 0 Å². The first-order chi connectivity index (χ1) is 10.8. The van der Waals surface area contributed by atoms with Gasteiger partial charge in [0.05, 0.1) is 10.6 Å². The van der Waals surface area contributed by atoms with Crippen molar-refractivity contribution in [2.75, 3.05) is 11.9 Å². The predicted octanol–water partition coefficient (Wildman–Crippen LogP) is 3.91. The van der Waals surface area contributed by atoms with Gasteiger partial charge in [0.2, 0.25) is 0 Å². The lowest BCUT2D eigenvalue weighted by Crippen LogP contribution is -2.11. The van der Waals surface area contributed by atoms with Crippen molar-refractivity contribution in [2.24, 2.45) is 0 Å². The van der Waals surface area contributed by atoms with Crippen LogP contribution in [0.25, 0.3) is 10.9 Å². The minimum atomic E-state index is -0.0426. The molecule has 0 unspecified atom stereocenters. The highest BCUT2D eigenvalue weighted by Gasteiger charge is 2.19. The van der Waals surface area contributed by atoms with Gasteiger partial charge in [-0.2, -0.15) is 0 Å². The third kappa shape index (κ3) is 2.42. The Balaban J connectivity index is 1.54. The van der Waals surface area contributed by atoms with Crippen LogP contribution in [0.4, 0.5) is 5.69 Å². The van der Waals surface area contributed by atoms with E-state index in [1.165, 1.54) is 11.3 Å². The molecule has 0 spiro atoms. The number of rotatable bonds is 3. The summed E-state index contributed by atoms with van der Waals surface area (Å²) in [5, 5.41) is 7.51. The molecule has 0 saturated carbocycles. The van der Waals surface area contributed by atoms with Gasteiger partial charge in [-0.25, -0.2) is 0 Å². The third-order valence-electron chi connectivity index (χ3n) is 4.09. The fraction of sp³-hybridized carbons (Fsp3) is 0.235. The fourth-order valence-corrected chi connectivity index (χ4v) is 3.96. The van der Waals surface area contributed by atoms with Crippen molar-refractivity contribution in [2.45, 2.75) is 18.9 Å². The van der Waals surface area contributed by atoms with Crippen LogP contribution in [0.3, 0.4) is 0 Å². The zero-order chi connectivity index (χ0) is 14.9. The van der Waals surface area contributed by atoms with Gasteiger partial charge in [0, 0.05) is 28.0 Å². The number of anilines is 1. The van der Waals surface area contributed by atoms with Crippen LogP contribution in [0.5, 0.6) is 0 Å². The Kier molecular flexibility index (Phi) is 3.44. The van der Waals surface area contributed by atoms with Crippen molar-refractivity contribution >= 4 is 33.8 Å². The lowest BCUT2D eigenvalue weighted by molar-refractivity contribution is 0.103. The fourth-order valence-electron chi connectivity index (χ4n) is 2.95. The molecule has 4 rings (SSSR count). The molecule has 1 aromatic carbocycles. The van der Waals surface area contributed by atoms with Crippen LogP contribution >= 0.6 is 11.3 Å². The number of H-pyrrole nitrogens is 1. The summed E-state index contributed by atoms with van der Waals surface area (Å²) >= 11 is 1.58. The van der Waals surface area contributed by atoms with Gasteiger partial charge in [-0.1, -0.05) is 18.2 Å². The van der Waals surface area contributed by atoms with Gasteiger partial charge in [-0.15, -0.1) is 11.3 Å². The number of hydrogen-bond acceptors (Lipinski definition) is 3. The van der Waals surface area contributed by atoms with Gasteiger partial charge >= 0.3 is 0 Å². The zero-order valence-electron chi connectivity index (χ0n) is 12.1. The quantitative estimate of drug-likeness (QED) is 0.687. The molecular weight excluding hydrogens is 294 g/mol. The topological polar surface area (TPSA) is 56.9 Å². The maximum absolute atomic E-state index is 12.4. The second-order valence-corrected chi connectivity index (χ2v) is 6.67. The summed E-state index contributed by atoms with van der Waals surface area (Å²) in [5.74, 6) is -0.0426. The summed E-state index contributed by atoms with van der Waals surface area (Å²) in [6.07, 6.45) is 4.21. The second kappa shape index (κ2) is 5.59. The standard InChI is InChI=1S/C17H17N3OS/c21-17(16-8-7-15(22-16)13-6-3-9-18-13)20-14-10-19-12-5-2-1-4-11(12)14/h1-2,4-5,7-8,10,13,18-19H,3,6,9H2,(H,20,21)/t13-/m1/s1. The van der Waals surface area contributed by atoms with Crippen molar-refractivity contribution in [1.82, 2.24) is 10.3 Å². The van der Waals surface area contributed by atoms with Gasteiger partial charge in [-0.05, 0) is 37.6 Å². The van der Waals surface area contributed by atoms with Gasteiger partial charge in [-0.3, -0.25) is 4.79 Å². The average molecular weight is 311 g/mol. The highest BCUT2D eigenvalue weighted by Crippen LogP contribution is 2.30. The SMILES string of the molecule is O=C(Nc1c[nH]c2ccccc12)c1ccc([C@H]2CCCN2)s1. The number of hydrogen-bond donors (Lipinski definition) is 3. The summed E-state index contributed by atoms with van der Waals surface area (Å²) < 4.78 is 0. The van der Waals surface area contributed by atoms with E-state index in [0.717, 1.165) is 34.4 Å². The lowest BCUT2D eigenvalue weighted by atomic mass is 10.2. The Morgan fingerprint density at radius 1 is 1.23 bits per heavy atom. The molecule has 22 heavy (non-hydrogen) atoms.